The average Bonchev–Trinajstić information content (AvgIpc) is 2.92. The van der Waals surface area contributed by atoms with Crippen LogP contribution in [0.3, 0.4) is 0 Å². The van der Waals surface area contributed by atoms with E-state index in [1.54, 1.807) is 14.2 Å². The summed E-state index contributed by atoms with van der Waals surface area (Å²) in [6.45, 7) is 1.94. The minimum atomic E-state index is -0.0716. The number of carbonyl (C=O) groups excluding carboxylic acids is 2. The molecule has 2 heterocycles. The molecule has 2 aliphatic heterocycles. The van der Waals surface area contributed by atoms with Gasteiger partial charge in [0.05, 0.1) is 32.7 Å². The second-order valence-electron chi connectivity index (χ2n) is 7.52. The summed E-state index contributed by atoms with van der Waals surface area (Å²) in [4.78, 5) is 29.1. The molecule has 2 fully saturated rings. The minimum absolute atomic E-state index is 0.0396. The van der Waals surface area contributed by atoms with E-state index in [1.165, 1.54) is 16.0 Å². The van der Waals surface area contributed by atoms with E-state index in [1.807, 2.05) is 12.1 Å². The summed E-state index contributed by atoms with van der Waals surface area (Å²) in [6, 6.07) is 4.04. The minimum Gasteiger partial charge on any atom is -0.493 e. The number of benzene rings is 1. The Labute approximate surface area is 154 Å². The van der Waals surface area contributed by atoms with Crippen LogP contribution in [0.1, 0.15) is 36.8 Å². The third-order valence-corrected chi connectivity index (χ3v) is 6.07. The third-order valence-electron chi connectivity index (χ3n) is 6.07. The molecule has 3 aliphatic rings. The fraction of sp³-hybridized carbons (Fsp3) is 0.600. The van der Waals surface area contributed by atoms with Crippen molar-refractivity contribution in [1.82, 2.24) is 9.80 Å². The number of amides is 2. The lowest BCUT2D eigenvalue weighted by molar-refractivity contribution is -0.142. The summed E-state index contributed by atoms with van der Waals surface area (Å²) in [5.41, 5.74) is 2.41. The first-order chi connectivity index (χ1) is 12.6. The van der Waals surface area contributed by atoms with Gasteiger partial charge in [0.1, 0.15) is 0 Å². The Bertz CT molecular complexity index is 709. The number of carbonyl (C=O) groups is 2. The number of fused-ring (bicyclic) bond motifs is 2. The first-order valence-corrected chi connectivity index (χ1v) is 9.43. The normalized spacial score (nSPS) is 25.8. The number of ether oxygens (including phenoxy) is 2. The Morgan fingerprint density at radius 3 is 2.12 bits per heavy atom. The van der Waals surface area contributed by atoms with Gasteiger partial charge in [0.2, 0.25) is 11.8 Å². The second-order valence-corrected chi connectivity index (χ2v) is 7.52. The lowest BCUT2D eigenvalue weighted by Gasteiger charge is -2.32. The molecule has 1 aromatic rings. The summed E-state index contributed by atoms with van der Waals surface area (Å²) in [5.74, 6) is 1.40. The van der Waals surface area contributed by atoms with E-state index in [0.717, 1.165) is 44.4 Å². The monoisotopic (exact) mass is 358 g/mol. The standard InChI is InChI=1S/C20H26N2O4/c1-25-17-9-13-7-8-21(11-14(13)10-18(17)26-2)12-22-19(23)15-5-3-4-6-16(15)20(22)24/h9-10,15-16H,3-8,11-12H2,1-2H3/t15-,16-/m0/s1. The van der Waals surface area contributed by atoms with Crippen molar-refractivity contribution in [2.45, 2.75) is 38.6 Å². The van der Waals surface area contributed by atoms with E-state index in [-0.39, 0.29) is 23.7 Å². The number of methoxy groups -OCH3 is 2. The lowest BCUT2D eigenvalue weighted by atomic mass is 9.81. The molecule has 6 nitrogen and oxygen atoms in total. The van der Waals surface area contributed by atoms with Gasteiger partial charge in [-0.2, -0.15) is 0 Å². The number of hydrogen-bond acceptors (Lipinski definition) is 5. The molecular formula is C20H26N2O4. The summed E-state index contributed by atoms with van der Waals surface area (Å²) in [6.07, 6.45) is 4.73. The molecule has 1 saturated heterocycles. The first-order valence-electron chi connectivity index (χ1n) is 9.43. The van der Waals surface area contributed by atoms with Gasteiger partial charge in [-0.05, 0) is 42.5 Å². The SMILES string of the molecule is COc1cc2c(cc1OC)CN(CN1C(=O)[C@H]3CCCC[C@@H]3C1=O)CC2. The van der Waals surface area contributed by atoms with Crippen molar-refractivity contribution >= 4 is 11.8 Å². The van der Waals surface area contributed by atoms with Crippen molar-refractivity contribution in [1.29, 1.82) is 0 Å². The second kappa shape index (κ2) is 6.91. The average molecular weight is 358 g/mol. The smallest absolute Gasteiger partial charge is 0.234 e. The van der Waals surface area contributed by atoms with Crippen molar-refractivity contribution in [3.63, 3.8) is 0 Å². The van der Waals surface area contributed by atoms with Crippen molar-refractivity contribution in [2.24, 2.45) is 11.8 Å². The van der Waals surface area contributed by atoms with Crippen molar-refractivity contribution in [3.8, 4) is 11.5 Å². The Morgan fingerprint density at radius 2 is 1.54 bits per heavy atom. The quantitative estimate of drug-likeness (QED) is 0.772. The molecule has 4 rings (SSSR count). The first kappa shape index (κ1) is 17.3. The van der Waals surface area contributed by atoms with E-state index in [2.05, 4.69) is 4.90 Å². The maximum absolute atomic E-state index is 12.7. The van der Waals surface area contributed by atoms with Crippen molar-refractivity contribution in [3.05, 3.63) is 23.3 Å². The van der Waals surface area contributed by atoms with E-state index in [9.17, 15) is 9.59 Å². The highest BCUT2D eigenvalue weighted by atomic mass is 16.5. The fourth-order valence-corrected chi connectivity index (χ4v) is 4.63. The van der Waals surface area contributed by atoms with Crippen LogP contribution in [0.5, 0.6) is 11.5 Å². The van der Waals surface area contributed by atoms with Crippen molar-refractivity contribution < 1.29 is 19.1 Å². The van der Waals surface area contributed by atoms with E-state index in [4.69, 9.17) is 9.47 Å². The van der Waals surface area contributed by atoms with Gasteiger partial charge < -0.3 is 9.47 Å². The van der Waals surface area contributed by atoms with Gasteiger partial charge in [0.15, 0.2) is 11.5 Å². The van der Waals surface area contributed by atoms with Crippen LogP contribution in [0.2, 0.25) is 0 Å². The highest BCUT2D eigenvalue weighted by molar-refractivity contribution is 6.05. The predicted octanol–water partition coefficient (Wildman–Crippen LogP) is 2.19. The summed E-state index contributed by atoms with van der Waals surface area (Å²) < 4.78 is 10.8. The van der Waals surface area contributed by atoms with Crippen LogP contribution in [-0.2, 0) is 22.6 Å². The van der Waals surface area contributed by atoms with Gasteiger partial charge in [-0.3, -0.25) is 19.4 Å². The largest absolute Gasteiger partial charge is 0.493 e. The third kappa shape index (κ3) is 2.86. The van der Waals surface area contributed by atoms with Crippen LogP contribution in [0, 0.1) is 11.8 Å². The predicted molar refractivity (Wildman–Crippen MR) is 95.8 cm³/mol. The molecule has 6 heteroatoms. The number of hydrogen-bond donors (Lipinski definition) is 0. The molecule has 2 amide bonds. The van der Waals surface area contributed by atoms with E-state index in [0.29, 0.717) is 19.0 Å². The Hall–Kier alpha value is -2.08. The molecule has 140 valence electrons. The number of nitrogens with zero attached hydrogens (tertiary/aromatic N) is 2. The van der Waals surface area contributed by atoms with Crippen molar-refractivity contribution in [2.75, 3.05) is 27.4 Å². The molecule has 1 aliphatic carbocycles. The highest BCUT2D eigenvalue weighted by Crippen LogP contribution is 2.38. The molecule has 26 heavy (non-hydrogen) atoms. The number of rotatable bonds is 4. The summed E-state index contributed by atoms with van der Waals surface area (Å²) in [5, 5.41) is 0. The highest BCUT2D eigenvalue weighted by Gasteiger charge is 2.48. The molecule has 2 atom stereocenters. The van der Waals surface area contributed by atoms with Gasteiger partial charge >= 0.3 is 0 Å². The molecular weight excluding hydrogens is 332 g/mol. The van der Waals surface area contributed by atoms with Crippen LogP contribution in [0.25, 0.3) is 0 Å². The number of imide groups is 1. The molecule has 0 bridgehead atoms. The van der Waals surface area contributed by atoms with Crippen LogP contribution in [0.4, 0.5) is 0 Å². The summed E-state index contributed by atoms with van der Waals surface area (Å²) >= 11 is 0. The maximum atomic E-state index is 12.7. The van der Waals surface area contributed by atoms with Crippen LogP contribution >= 0.6 is 0 Å². The molecule has 0 spiro atoms. The molecule has 1 saturated carbocycles. The topological polar surface area (TPSA) is 59.1 Å². The molecule has 1 aromatic carbocycles. The van der Waals surface area contributed by atoms with Crippen LogP contribution in [-0.4, -0.2) is 49.0 Å². The molecule has 0 radical (unpaired) electrons. The van der Waals surface area contributed by atoms with E-state index >= 15 is 0 Å². The zero-order valence-corrected chi connectivity index (χ0v) is 15.5. The molecule has 0 unspecified atom stereocenters. The molecule has 0 N–H and O–H groups in total. The van der Waals surface area contributed by atoms with Gasteiger partial charge in [0, 0.05) is 13.1 Å². The zero-order chi connectivity index (χ0) is 18.3. The fourth-order valence-electron chi connectivity index (χ4n) is 4.63. The Morgan fingerprint density at radius 1 is 0.962 bits per heavy atom. The Balaban J connectivity index is 1.49. The van der Waals surface area contributed by atoms with Gasteiger partial charge in [-0.25, -0.2) is 0 Å². The maximum Gasteiger partial charge on any atom is 0.234 e. The van der Waals surface area contributed by atoms with Gasteiger partial charge in [-0.1, -0.05) is 12.8 Å². The number of likely N-dealkylation sites (tertiary alicyclic amines) is 1. The molecule has 0 aromatic heterocycles. The summed E-state index contributed by atoms with van der Waals surface area (Å²) in [7, 11) is 3.28. The van der Waals surface area contributed by atoms with Crippen LogP contribution < -0.4 is 9.47 Å². The Kier molecular flexibility index (Phi) is 4.61. The van der Waals surface area contributed by atoms with Gasteiger partial charge in [0.25, 0.3) is 0 Å². The zero-order valence-electron chi connectivity index (χ0n) is 15.5. The van der Waals surface area contributed by atoms with Crippen LogP contribution in [0.15, 0.2) is 12.1 Å². The van der Waals surface area contributed by atoms with E-state index < -0.39 is 0 Å². The van der Waals surface area contributed by atoms with Gasteiger partial charge in [-0.15, -0.1) is 0 Å². The lowest BCUT2D eigenvalue weighted by Crippen LogP contribution is -2.43.